The van der Waals surface area contributed by atoms with Crippen LogP contribution in [-0.2, 0) is 55.0 Å². The van der Waals surface area contributed by atoms with Gasteiger partial charge >= 0.3 is 64.8 Å². The van der Waals surface area contributed by atoms with E-state index >= 15 is 0 Å². The van der Waals surface area contributed by atoms with Gasteiger partial charge in [-0.15, -0.1) is 22.1 Å². The molecule has 0 N–H and O–H groups in total. The maximum atomic E-state index is 14.4. The molecule has 0 saturated carbocycles. The number of carbonyl (C=O) groups is 8. The molecule has 0 unspecified atom stereocenters. The molecule has 8 aromatic carbocycles. The van der Waals surface area contributed by atoms with E-state index < -0.39 is 135 Å². The van der Waals surface area contributed by atoms with Crippen LogP contribution in [0.15, 0.2) is 146 Å². The molecule has 0 atom stereocenters. The molecule has 3 aliphatic rings. The number of hydrogen-bond acceptors (Lipinski definition) is 26. The van der Waals surface area contributed by atoms with Crippen molar-refractivity contribution in [3.63, 3.8) is 0 Å². The van der Waals surface area contributed by atoms with E-state index in [4.69, 9.17) is 57.8 Å². The quantitative estimate of drug-likeness (QED) is 0.0285. The third-order valence-corrected chi connectivity index (χ3v) is 18.2. The van der Waals surface area contributed by atoms with Crippen LogP contribution in [0.4, 0.5) is 22.7 Å². The van der Waals surface area contributed by atoms with E-state index in [1.807, 2.05) is 0 Å². The van der Waals surface area contributed by atoms with Gasteiger partial charge in [0.05, 0.1) is 144 Å². The molecule has 10 aromatic rings. The first-order chi connectivity index (χ1) is 51.8. The molecule has 1 radical (unpaired) electrons. The van der Waals surface area contributed by atoms with Gasteiger partial charge in [0.25, 0.3) is 22.7 Å². The Labute approximate surface area is 621 Å². The minimum absolute atomic E-state index is 0. The summed E-state index contributed by atoms with van der Waals surface area (Å²) in [5, 5.41) is 50.2. The molecule has 13 rings (SSSR count). The van der Waals surface area contributed by atoms with Crippen LogP contribution in [0.3, 0.4) is 0 Å². The first-order valence-electron chi connectivity index (χ1n) is 31.6. The average Bonchev–Trinajstić information content (AvgIpc) is 1.55. The fourth-order valence-electron chi connectivity index (χ4n) is 13.2. The van der Waals surface area contributed by atoms with Crippen molar-refractivity contribution in [2.24, 2.45) is 0 Å². The zero-order chi connectivity index (χ0) is 77.2. The summed E-state index contributed by atoms with van der Waals surface area (Å²) in [5.74, 6) is -8.98. The number of hydrogen-bond donors (Lipinski definition) is 0. The predicted octanol–water partition coefficient (Wildman–Crippen LogP) is 13.1. The van der Waals surface area contributed by atoms with Crippen LogP contribution in [0.25, 0.3) is 133 Å². The normalized spacial score (nSPS) is 11.1. The molecular weight excluding hydrogens is 1470 g/mol. The predicted molar refractivity (Wildman–Crippen MR) is 382 cm³/mol. The summed E-state index contributed by atoms with van der Waals surface area (Å²) in [7, 11) is 8.18. The van der Waals surface area contributed by atoms with Crippen LogP contribution in [0.1, 0.15) is 82.9 Å². The molecule has 109 heavy (non-hydrogen) atoms. The third-order valence-electron chi connectivity index (χ3n) is 18.2. The maximum absolute atomic E-state index is 14.4. The first-order valence-corrected chi connectivity index (χ1v) is 31.6. The summed E-state index contributed by atoms with van der Waals surface area (Å²) >= 11 is 0. The van der Waals surface area contributed by atoms with Gasteiger partial charge in [0.2, 0.25) is 0 Å². The summed E-state index contributed by atoms with van der Waals surface area (Å²) in [6, 6.07) is 29.1. The Hall–Kier alpha value is -14.7. The molecule has 547 valence electrons. The maximum Gasteiger partial charge on any atom is 2.00 e. The van der Waals surface area contributed by atoms with E-state index in [-0.39, 0.29) is 150 Å². The van der Waals surface area contributed by atoms with Crippen LogP contribution in [0, 0.1) is 40.5 Å². The summed E-state index contributed by atoms with van der Waals surface area (Å²) in [6.45, 7) is 0. The number of methoxy groups -OCH3 is 8. The van der Waals surface area contributed by atoms with Gasteiger partial charge in [0.15, 0.2) is 0 Å². The van der Waals surface area contributed by atoms with E-state index in [1.54, 1.807) is 0 Å². The largest absolute Gasteiger partial charge is 2.00 e. The van der Waals surface area contributed by atoms with Crippen LogP contribution in [-0.4, -0.2) is 134 Å². The van der Waals surface area contributed by atoms with Crippen LogP contribution in [0.2, 0.25) is 0 Å². The van der Waals surface area contributed by atoms with Gasteiger partial charge in [-0.05, 0) is 163 Å². The summed E-state index contributed by atoms with van der Waals surface area (Å²) in [6.07, 6.45) is 0. The minimum atomic E-state index is -1.12. The molecule has 2 aromatic heterocycles. The van der Waals surface area contributed by atoms with Gasteiger partial charge in [0, 0.05) is 70.8 Å². The molecule has 8 bridgehead atoms. The molecule has 1 aliphatic carbocycles. The average molecular weight is 1520 g/mol. The van der Waals surface area contributed by atoms with Gasteiger partial charge in [-0.25, -0.2) is 48.3 Å². The number of ether oxygens (including phenoxy) is 8. The number of nitro groups is 4. The number of nitro benzene ring substituents is 4. The smallest absolute Gasteiger partial charge is 0.656 e. The number of carbonyl (C=O) groups excluding carboxylic acids is 8. The number of nitrogens with zero attached hydrogens (tertiary/aromatic N) is 8. The van der Waals surface area contributed by atoms with Gasteiger partial charge in [-0.2, -0.15) is 0 Å². The monoisotopic (exact) mass is 1520 g/mol. The van der Waals surface area contributed by atoms with Crippen molar-refractivity contribution in [2.75, 3.05) is 56.9 Å². The molecule has 2 aliphatic heterocycles. The van der Waals surface area contributed by atoms with Crippen molar-refractivity contribution < 1.29 is 113 Å². The number of rotatable bonds is 16. The molecule has 0 fully saturated rings. The Balaban J connectivity index is 0.0000111. The second kappa shape index (κ2) is 29.1. The van der Waals surface area contributed by atoms with E-state index in [2.05, 4.69) is 0 Å². The van der Waals surface area contributed by atoms with E-state index in [1.165, 1.54) is 97.1 Å². The van der Waals surface area contributed by atoms with E-state index in [0.717, 1.165) is 105 Å². The van der Waals surface area contributed by atoms with Crippen molar-refractivity contribution in [3.8, 4) is 89.5 Å². The second-order valence-corrected chi connectivity index (χ2v) is 23.7. The molecule has 0 amide bonds. The Kier molecular flexibility index (Phi) is 19.7. The fourth-order valence-corrected chi connectivity index (χ4v) is 13.2. The number of benzene rings is 8. The van der Waals surface area contributed by atoms with Crippen LogP contribution >= 0.6 is 0 Å². The molecule has 32 nitrogen and oxygen atoms in total. The topological polar surface area (TPSA) is 437 Å². The zero-order valence-corrected chi connectivity index (χ0v) is 58.5. The van der Waals surface area contributed by atoms with Gasteiger partial charge < -0.3 is 47.9 Å². The first kappa shape index (κ1) is 74.0. The molecule has 4 heterocycles. The summed E-state index contributed by atoms with van der Waals surface area (Å²) in [4.78, 5) is 185. The van der Waals surface area contributed by atoms with E-state index in [9.17, 15) is 78.8 Å². The molecule has 0 spiro atoms. The van der Waals surface area contributed by atoms with Crippen LogP contribution < -0.4 is 9.97 Å². The van der Waals surface area contributed by atoms with Gasteiger partial charge in [-0.1, -0.05) is 0 Å². The zero-order valence-electron chi connectivity index (χ0n) is 57.5. The molecular formula is C76H48CuN8O24. The fraction of sp³-hybridized carbons (Fsp3) is 0.105. The Morgan fingerprint density at radius 1 is 0.275 bits per heavy atom. The third kappa shape index (κ3) is 12.5. The minimum Gasteiger partial charge on any atom is -0.656 e. The van der Waals surface area contributed by atoms with Crippen molar-refractivity contribution in [3.05, 3.63) is 231 Å². The number of esters is 8. The van der Waals surface area contributed by atoms with Gasteiger partial charge in [0.1, 0.15) is 0 Å². The second-order valence-electron chi connectivity index (χ2n) is 23.7. The SMILES string of the molecule is COC(=O)c1cc2c(cc1C(=O)OC)-c1nc-2c(-c2ccc([N+](=O)[O-])cc2)c2[n-]c(c(-c3ccc([N+](=O)[O-])cc3)c3nc(c(-c4ccc([N+](=O)[O-])cc4)c4[n-]c(c1-c1ccc([N+](=O)[O-])cc1)c1cc(C(=O)OC)c(C(=O)OC)cc41)-c1cc(C(=O)OC)c(C(=O)OC)cc1-3)c1cc(C(=O)OC)c(C(=O)OC)cc21.[Cu+2]. The van der Waals surface area contributed by atoms with E-state index in [0.29, 0.717) is 0 Å². The number of aromatic nitrogens is 4. The molecule has 0 saturated heterocycles. The Morgan fingerprint density at radius 2 is 0.431 bits per heavy atom. The van der Waals surface area contributed by atoms with Gasteiger partial charge in [-0.3, -0.25) is 40.5 Å². The Bertz CT molecular complexity index is 5360. The summed E-state index contributed by atoms with van der Waals surface area (Å²) in [5.41, 5.74) is -8.59. The van der Waals surface area contributed by atoms with Crippen LogP contribution in [0.5, 0.6) is 0 Å². The standard InChI is InChI=1S/C76H50N8O24.Cu/c1-101-69(85)49-25-41-42(26-50(49)70(86)102-2)62-58(34-11-19-38(20-12-34)82(95)96)64-45-29-53(73(89)105-5)54(74(90)106-6)30-46(45)66(79-64)60(36-15-23-40(24-16-36)84(99)100)68-48-32-56(76(92)108-8)55(75(91)107-7)31-47(48)67(80-68)59(35-13-21-39(22-14-35)83(97)98)65-44-28-52(72(88)104-4)51(71(87)103-3)27-43(44)63(78-65)57(61(41)77-62)33-9-17-37(18-10-33)81(93)94;/h9-32H,1-8H3,(H2,77,78,79,80,85,86,87,88,89,90,91,92);/q;+2/p-2. The number of non-ortho nitro benzene ring substituents is 4. The van der Waals surface area contributed by atoms with Crippen molar-refractivity contribution in [1.29, 1.82) is 0 Å². The van der Waals surface area contributed by atoms with Crippen molar-refractivity contribution >= 4 is 114 Å². The molecule has 33 heteroatoms. The van der Waals surface area contributed by atoms with Crippen molar-refractivity contribution in [1.82, 2.24) is 19.9 Å². The van der Waals surface area contributed by atoms with Crippen molar-refractivity contribution in [2.45, 2.75) is 0 Å². The summed E-state index contributed by atoms with van der Waals surface area (Å²) < 4.78 is 42.4. The Morgan fingerprint density at radius 3 is 0.578 bits per heavy atom.